The van der Waals surface area contributed by atoms with Gasteiger partial charge in [-0.05, 0) is 48.5 Å². The molecule has 4 rings (SSSR count). The van der Waals surface area contributed by atoms with Gasteiger partial charge in [-0.15, -0.1) is 13.2 Å². The van der Waals surface area contributed by atoms with Gasteiger partial charge in [0.2, 0.25) is 11.7 Å². The Morgan fingerprint density at radius 2 is 1.85 bits per heavy atom. The third-order valence-electron chi connectivity index (χ3n) is 4.34. The molecule has 0 radical (unpaired) electrons. The number of carbonyl (C=O) groups excluding carboxylic acids is 1. The van der Waals surface area contributed by atoms with Crippen LogP contribution in [0.5, 0.6) is 5.75 Å². The fourth-order valence-electron chi connectivity index (χ4n) is 2.93. The average molecular weight is 464 g/mol. The number of ether oxygens (including phenoxy) is 1. The Morgan fingerprint density at radius 1 is 1.09 bits per heavy atom. The molecule has 7 nitrogen and oxygen atoms in total. The summed E-state index contributed by atoms with van der Waals surface area (Å²) in [6.07, 6.45) is -3.25. The van der Waals surface area contributed by atoms with E-state index in [0.29, 0.717) is 17.3 Å². The molecule has 170 valence electrons. The van der Waals surface area contributed by atoms with Gasteiger partial charge in [-0.2, -0.15) is 4.98 Å². The summed E-state index contributed by atoms with van der Waals surface area (Å²) in [4.78, 5) is 16.5. The van der Waals surface area contributed by atoms with Gasteiger partial charge in [0.25, 0.3) is 5.89 Å². The molecule has 33 heavy (non-hydrogen) atoms. The van der Waals surface area contributed by atoms with E-state index in [2.05, 4.69) is 20.2 Å². The first-order chi connectivity index (χ1) is 15.7. The van der Waals surface area contributed by atoms with E-state index in [-0.39, 0.29) is 23.9 Å². The largest absolute Gasteiger partial charge is 0.573 e. The second kappa shape index (κ2) is 8.73. The highest BCUT2D eigenvalue weighted by atomic mass is 19.4. The van der Waals surface area contributed by atoms with Crippen molar-refractivity contribution < 1.29 is 36.0 Å². The molecule has 0 bridgehead atoms. The maximum absolute atomic E-state index is 13.7. The zero-order valence-electron chi connectivity index (χ0n) is 16.4. The third kappa shape index (κ3) is 5.34. The van der Waals surface area contributed by atoms with Gasteiger partial charge in [-0.1, -0.05) is 5.16 Å². The number of anilines is 1. The van der Waals surface area contributed by atoms with E-state index in [9.17, 15) is 26.7 Å². The van der Waals surface area contributed by atoms with Crippen LogP contribution in [0.4, 0.5) is 27.6 Å². The van der Waals surface area contributed by atoms with Crippen molar-refractivity contribution in [1.82, 2.24) is 14.7 Å². The molecule has 0 saturated carbocycles. The minimum Gasteiger partial charge on any atom is -0.406 e. The standard InChI is InChI=1S/C21H13F5N4O3/c22-13-5-8-16(15(23)10-13)27-18(31)11-30-9-1-2-17(30)20-28-19(29-33-20)12-3-6-14(7-4-12)32-21(24,25)26/h1-10H,11H2,(H,27,31). The van der Waals surface area contributed by atoms with Gasteiger partial charge in [0.15, 0.2) is 0 Å². The van der Waals surface area contributed by atoms with Gasteiger partial charge in [0.1, 0.15) is 29.6 Å². The van der Waals surface area contributed by atoms with Crippen LogP contribution >= 0.6 is 0 Å². The number of hydrogen-bond acceptors (Lipinski definition) is 5. The molecule has 1 N–H and O–H groups in total. The van der Waals surface area contributed by atoms with Crippen LogP contribution in [0.25, 0.3) is 23.0 Å². The van der Waals surface area contributed by atoms with E-state index in [4.69, 9.17) is 4.52 Å². The summed E-state index contributed by atoms with van der Waals surface area (Å²) in [5.74, 6) is -2.51. The first kappa shape index (κ1) is 22.0. The number of alkyl halides is 3. The molecule has 2 aromatic heterocycles. The summed E-state index contributed by atoms with van der Waals surface area (Å²) in [5.41, 5.74) is 0.579. The maximum Gasteiger partial charge on any atom is 0.573 e. The first-order valence-corrected chi connectivity index (χ1v) is 9.28. The SMILES string of the molecule is O=C(Cn1cccc1-c1nc(-c2ccc(OC(F)(F)F)cc2)no1)Nc1ccc(F)cc1F. The number of halogens is 5. The highest BCUT2D eigenvalue weighted by Crippen LogP contribution is 2.27. The van der Waals surface area contributed by atoms with Crippen LogP contribution in [-0.4, -0.2) is 27.0 Å². The molecule has 12 heteroatoms. The van der Waals surface area contributed by atoms with Crippen molar-refractivity contribution in [3.8, 4) is 28.7 Å². The summed E-state index contributed by atoms with van der Waals surface area (Å²) in [7, 11) is 0. The van der Waals surface area contributed by atoms with Crippen LogP contribution in [0.3, 0.4) is 0 Å². The van der Waals surface area contributed by atoms with E-state index in [0.717, 1.165) is 24.3 Å². The molecule has 0 saturated heterocycles. The highest BCUT2D eigenvalue weighted by molar-refractivity contribution is 5.91. The van der Waals surface area contributed by atoms with Crippen molar-refractivity contribution >= 4 is 11.6 Å². The Balaban J connectivity index is 1.47. The Hall–Kier alpha value is -4.22. The summed E-state index contributed by atoms with van der Waals surface area (Å²) in [5, 5.41) is 6.15. The lowest BCUT2D eigenvalue weighted by atomic mass is 10.2. The van der Waals surface area contributed by atoms with Crippen molar-refractivity contribution in [2.24, 2.45) is 0 Å². The Labute approximate surface area is 182 Å². The van der Waals surface area contributed by atoms with Crippen molar-refractivity contribution in [2.75, 3.05) is 5.32 Å². The molecule has 0 fully saturated rings. The number of hydrogen-bond donors (Lipinski definition) is 1. The second-order valence-corrected chi connectivity index (χ2v) is 6.69. The van der Waals surface area contributed by atoms with Crippen LogP contribution in [0.2, 0.25) is 0 Å². The van der Waals surface area contributed by atoms with Crippen molar-refractivity contribution in [3.63, 3.8) is 0 Å². The summed E-state index contributed by atoms with van der Waals surface area (Å²) in [6, 6.07) is 10.9. The van der Waals surface area contributed by atoms with E-state index in [1.54, 1.807) is 18.3 Å². The minimum absolute atomic E-state index is 0.0476. The maximum atomic E-state index is 13.7. The Bertz CT molecular complexity index is 1280. The molecule has 2 aromatic carbocycles. The van der Waals surface area contributed by atoms with E-state index >= 15 is 0 Å². The summed E-state index contributed by atoms with van der Waals surface area (Å²) < 4.78 is 74.1. The molecule has 0 aliphatic carbocycles. The number of benzene rings is 2. The highest BCUT2D eigenvalue weighted by Gasteiger charge is 2.31. The van der Waals surface area contributed by atoms with Crippen molar-refractivity contribution in [3.05, 3.63) is 72.4 Å². The molecular weight excluding hydrogens is 451 g/mol. The quantitative estimate of drug-likeness (QED) is 0.405. The molecule has 0 aliphatic rings. The normalized spacial score (nSPS) is 11.4. The van der Waals surface area contributed by atoms with Crippen LogP contribution in [-0.2, 0) is 11.3 Å². The number of amides is 1. The fraction of sp³-hybridized carbons (Fsp3) is 0.0952. The molecule has 2 heterocycles. The van der Waals surface area contributed by atoms with Crippen LogP contribution < -0.4 is 10.1 Å². The van der Waals surface area contributed by atoms with Gasteiger partial charge < -0.3 is 19.1 Å². The van der Waals surface area contributed by atoms with Crippen molar-refractivity contribution in [1.29, 1.82) is 0 Å². The number of nitrogens with zero attached hydrogens (tertiary/aromatic N) is 3. The van der Waals surface area contributed by atoms with Gasteiger partial charge in [0.05, 0.1) is 5.69 Å². The molecule has 0 atom stereocenters. The van der Waals surface area contributed by atoms with E-state index < -0.39 is 29.7 Å². The third-order valence-corrected chi connectivity index (χ3v) is 4.34. The first-order valence-electron chi connectivity index (χ1n) is 9.28. The van der Waals surface area contributed by atoms with Gasteiger partial charge in [-0.25, -0.2) is 8.78 Å². The predicted octanol–water partition coefficient (Wildman–Crippen LogP) is 5.02. The lowest BCUT2D eigenvalue weighted by Gasteiger charge is -2.09. The van der Waals surface area contributed by atoms with Gasteiger partial charge in [-0.3, -0.25) is 4.79 Å². The second-order valence-electron chi connectivity index (χ2n) is 6.69. The van der Waals surface area contributed by atoms with Gasteiger partial charge >= 0.3 is 6.36 Å². The average Bonchev–Trinajstić information content (AvgIpc) is 3.39. The molecule has 0 unspecified atom stereocenters. The minimum atomic E-state index is -4.80. The number of nitrogens with one attached hydrogen (secondary N) is 1. The fourth-order valence-corrected chi connectivity index (χ4v) is 2.93. The lowest BCUT2D eigenvalue weighted by molar-refractivity contribution is -0.274. The summed E-state index contributed by atoms with van der Waals surface area (Å²) in [6.45, 7) is -0.236. The molecule has 0 spiro atoms. The molecular formula is C21H13F5N4O3. The monoisotopic (exact) mass is 464 g/mol. The van der Waals surface area contributed by atoms with Crippen LogP contribution in [0, 0.1) is 11.6 Å². The Kier molecular flexibility index (Phi) is 5.82. The smallest absolute Gasteiger partial charge is 0.406 e. The van der Waals surface area contributed by atoms with Gasteiger partial charge in [0, 0.05) is 17.8 Å². The van der Waals surface area contributed by atoms with E-state index in [1.165, 1.54) is 16.7 Å². The van der Waals surface area contributed by atoms with Crippen molar-refractivity contribution in [2.45, 2.75) is 12.9 Å². The van der Waals surface area contributed by atoms with Crippen LogP contribution in [0.15, 0.2) is 65.3 Å². The number of aromatic nitrogens is 3. The topological polar surface area (TPSA) is 82.2 Å². The lowest BCUT2D eigenvalue weighted by Crippen LogP contribution is -2.19. The molecule has 1 amide bonds. The van der Waals surface area contributed by atoms with Crippen LogP contribution in [0.1, 0.15) is 0 Å². The number of carbonyl (C=O) groups is 1. The predicted molar refractivity (Wildman–Crippen MR) is 105 cm³/mol. The molecule has 4 aromatic rings. The summed E-state index contributed by atoms with van der Waals surface area (Å²) >= 11 is 0. The zero-order valence-corrected chi connectivity index (χ0v) is 16.4. The zero-order chi connectivity index (χ0) is 23.6. The number of rotatable bonds is 6. The Morgan fingerprint density at radius 3 is 2.55 bits per heavy atom. The van der Waals surface area contributed by atoms with E-state index in [1.807, 2.05) is 0 Å². The molecule has 0 aliphatic heterocycles.